The lowest BCUT2D eigenvalue weighted by Gasteiger charge is -2.10. The first-order valence-electron chi connectivity index (χ1n) is 6.54. The normalized spacial score (nSPS) is 12.4. The third kappa shape index (κ3) is 2.35. The highest BCUT2D eigenvalue weighted by atomic mass is 16.4. The van der Waals surface area contributed by atoms with Crippen LogP contribution in [0.2, 0.25) is 0 Å². The molecule has 0 fully saturated rings. The van der Waals surface area contributed by atoms with E-state index in [0.717, 1.165) is 0 Å². The van der Waals surface area contributed by atoms with Crippen molar-refractivity contribution in [2.45, 2.75) is 12.5 Å². The van der Waals surface area contributed by atoms with E-state index in [1.807, 2.05) is 12.1 Å². The number of carbonyl (C=O) groups excluding carboxylic acids is 1. The number of aliphatic carboxylic acids is 1. The van der Waals surface area contributed by atoms with Crippen LogP contribution < -0.4 is 5.73 Å². The number of para-hydroxylation sites is 2. The van der Waals surface area contributed by atoms with Gasteiger partial charge in [0.05, 0.1) is 11.0 Å². The molecule has 3 rings (SSSR count). The van der Waals surface area contributed by atoms with E-state index in [1.54, 1.807) is 12.1 Å². The van der Waals surface area contributed by atoms with Crippen molar-refractivity contribution in [1.82, 2.24) is 19.1 Å². The topological polar surface area (TPSA) is 116 Å². The molecule has 0 aliphatic heterocycles. The molecule has 0 amide bonds. The molecule has 8 nitrogen and oxygen atoms in total. The highest BCUT2D eigenvalue weighted by Gasteiger charge is 2.19. The van der Waals surface area contributed by atoms with Gasteiger partial charge >= 0.3 is 12.0 Å². The average molecular weight is 299 g/mol. The second-order valence-corrected chi connectivity index (χ2v) is 4.79. The molecule has 3 aromatic rings. The fourth-order valence-electron chi connectivity index (χ4n) is 2.19. The Morgan fingerprint density at radius 1 is 1.23 bits per heavy atom. The first-order chi connectivity index (χ1) is 10.6. The van der Waals surface area contributed by atoms with E-state index in [9.17, 15) is 9.59 Å². The van der Waals surface area contributed by atoms with Gasteiger partial charge in [-0.15, -0.1) is 0 Å². The molecule has 0 aliphatic carbocycles. The summed E-state index contributed by atoms with van der Waals surface area (Å²) in [5, 5.41) is 8.88. The molecule has 22 heavy (non-hydrogen) atoms. The van der Waals surface area contributed by atoms with Crippen molar-refractivity contribution in [3.05, 3.63) is 48.8 Å². The third-order valence-electron chi connectivity index (χ3n) is 3.33. The van der Waals surface area contributed by atoms with E-state index in [1.165, 1.54) is 28.0 Å². The number of nitrogens with two attached hydrogens (primary N) is 1. The number of hydrogen-bond acceptors (Lipinski definition) is 5. The summed E-state index contributed by atoms with van der Waals surface area (Å²) >= 11 is 0. The number of carboxylic acid groups (broad SMARTS) is 1. The smallest absolute Gasteiger partial charge is 0.339 e. The molecule has 0 bridgehead atoms. The van der Waals surface area contributed by atoms with E-state index in [-0.39, 0.29) is 6.42 Å². The Labute approximate surface area is 124 Å². The lowest BCUT2D eigenvalue weighted by molar-refractivity contribution is -0.138. The zero-order valence-electron chi connectivity index (χ0n) is 11.5. The van der Waals surface area contributed by atoms with Crippen LogP contribution in [0.15, 0.2) is 43.1 Å². The summed E-state index contributed by atoms with van der Waals surface area (Å²) in [6, 6.07) is 5.73. The molecule has 1 atom stereocenters. The molecule has 112 valence electrons. The number of nitrogens with zero attached hydrogens (tertiary/aromatic N) is 4. The van der Waals surface area contributed by atoms with Gasteiger partial charge in [0.1, 0.15) is 18.7 Å². The minimum Gasteiger partial charge on any atom is -0.480 e. The summed E-state index contributed by atoms with van der Waals surface area (Å²) in [5.41, 5.74) is 7.30. The van der Waals surface area contributed by atoms with Crippen molar-refractivity contribution in [3.63, 3.8) is 0 Å². The van der Waals surface area contributed by atoms with E-state index in [0.29, 0.717) is 16.7 Å². The van der Waals surface area contributed by atoms with Crippen molar-refractivity contribution in [1.29, 1.82) is 0 Å². The number of carbonyl (C=O) groups is 2. The molecule has 0 aliphatic rings. The zero-order valence-corrected chi connectivity index (χ0v) is 11.5. The number of aromatic nitrogens is 4. The van der Waals surface area contributed by atoms with Crippen LogP contribution in [0.4, 0.5) is 4.79 Å². The zero-order chi connectivity index (χ0) is 15.7. The largest absolute Gasteiger partial charge is 0.480 e. The van der Waals surface area contributed by atoms with Crippen LogP contribution in [0.25, 0.3) is 11.0 Å². The van der Waals surface area contributed by atoms with Crippen LogP contribution in [0, 0.1) is 0 Å². The number of imidazole rings is 2. The fraction of sp³-hybridized carbons (Fsp3) is 0.143. The predicted octanol–water partition coefficient (Wildman–Crippen LogP) is 0.704. The molecule has 1 unspecified atom stereocenters. The van der Waals surface area contributed by atoms with E-state index < -0.39 is 18.0 Å². The Kier molecular flexibility index (Phi) is 3.43. The highest BCUT2D eigenvalue weighted by Crippen LogP contribution is 2.13. The number of fused-ring (bicyclic) bond motifs is 1. The summed E-state index contributed by atoms with van der Waals surface area (Å²) in [6.07, 6.45) is 4.20. The maximum atomic E-state index is 12.6. The van der Waals surface area contributed by atoms with Gasteiger partial charge in [-0.3, -0.25) is 9.36 Å². The van der Waals surface area contributed by atoms with Gasteiger partial charge in [0.2, 0.25) is 0 Å². The van der Waals surface area contributed by atoms with Gasteiger partial charge in [-0.05, 0) is 12.1 Å². The molecule has 8 heteroatoms. The van der Waals surface area contributed by atoms with Crippen molar-refractivity contribution in [3.8, 4) is 0 Å². The van der Waals surface area contributed by atoms with Gasteiger partial charge in [0, 0.05) is 18.3 Å². The Balaban J connectivity index is 1.96. The van der Waals surface area contributed by atoms with Gasteiger partial charge in [0.15, 0.2) is 0 Å². The maximum Gasteiger partial charge on any atom is 0.339 e. The van der Waals surface area contributed by atoms with E-state index in [2.05, 4.69) is 9.97 Å². The SMILES string of the molecule is NC(Cc1cncn1C(=O)n1cnc2ccccc21)C(=O)O. The number of rotatable bonds is 3. The standard InChI is InChI=1S/C14H13N5O3/c15-10(13(20)21)5-9-6-16-7-18(9)14(22)19-8-17-11-3-1-2-4-12(11)19/h1-4,6-8,10H,5,15H2,(H,20,21). The second-order valence-electron chi connectivity index (χ2n) is 4.79. The Morgan fingerprint density at radius 2 is 2.00 bits per heavy atom. The third-order valence-corrected chi connectivity index (χ3v) is 3.33. The summed E-state index contributed by atoms with van der Waals surface area (Å²) in [7, 11) is 0. The molecule has 1 aromatic carbocycles. The van der Waals surface area contributed by atoms with Gasteiger partial charge in [-0.25, -0.2) is 19.3 Å². The molecule has 0 saturated carbocycles. The van der Waals surface area contributed by atoms with Crippen molar-refractivity contribution in [2.75, 3.05) is 0 Å². The average Bonchev–Trinajstić information content (AvgIpc) is 3.13. The highest BCUT2D eigenvalue weighted by molar-refractivity contribution is 5.90. The second kappa shape index (κ2) is 5.41. The van der Waals surface area contributed by atoms with Crippen LogP contribution in [-0.4, -0.2) is 42.3 Å². The van der Waals surface area contributed by atoms with Gasteiger partial charge < -0.3 is 10.8 Å². The Hall–Kier alpha value is -3.00. The molecule has 0 saturated heterocycles. The molecule has 0 radical (unpaired) electrons. The van der Waals surface area contributed by atoms with Crippen LogP contribution in [0.5, 0.6) is 0 Å². The van der Waals surface area contributed by atoms with E-state index in [4.69, 9.17) is 10.8 Å². The van der Waals surface area contributed by atoms with E-state index >= 15 is 0 Å². The summed E-state index contributed by atoms with van der Waals surface area (Å²) in [5.74, 6) is -1.13. The van der Waals surface area contributed by atoms with Crippen molar-refractivity contribution in [2.24, 2.45) is 5.73 Å². The molecule has 0 spiro atoms. The van der Waals surface area contributed by atoms with Crippen LogP contribution in [0.3, 0.4) is 0 Å². The van der Waals surface area contributed by atoms with Crippen LogP contribution >= 0.6 is 0 Å². The lowest BCUT2D eigenvalue weighted by atomic mass is 10.2. The number of benzene rings is 1. The van der Waals surface area contributed by atoms with Crippen LogP contribution in [0.1, 0.15) is 5.69 Å². The fourth-order valence-corrected chi connectivity index (χ4v) is 2.19. The summed E-state index contributed by atoms with van der Waals surface area (Å²) in [4.78, 5) is 31.5. The van der Waals surface area contributed by atoms with Crippen molar-refractivity contribution < 1.29 is 14.7 Å². The monoisotopic (exact) mass is 299 g/mol. The quantitative estimate of drug-likeness (QED) is 0.735. The Bertz CT molecular complexity index is 851. The maximum absolute atomic E-state index is 12.6. The van der Waals surface area contributed by atoms with Crippen molar-refractivity contribution >= 4 is 23.0 Å². The minimum atomic E-state index is -1.13. The molecule has 2 heterocycles. The number of carboxylic acids is 1. The Morgan fingerprint density at radius 3 is 2.77 bits per heavy atom. The molecule has 2 aromatic heterocycles. The molecular weight excluding hydrogens is 286 g/mol. The first-order valence-corrected chi connectivity index (χ1v) is 6.54. The lowest BCUT2D eigenvalue weighted by Crippen LogP contribution is -2.34. The first kappa shape index (κ1) is 14.0. The molecule has 3 N–H and O–H groups in total. The summed E-state index contributed by atoms with van der Waals surface area (Å²) < 4.78 is 2.66. The van der Waals surface area contributed by atoms with Crippen LogP contribution in [-0.2, 0) is 11.2 Å². The summed E-state index contributed by atoms with van der Waals surface area (Å²) in [6.45, 7) is 0. The predicted molar refractivity (Wildman–Crippen MR) is 77.5 cm³/mol. The number of hydrogen-bond donors (Lipinski definition) is 2. The van der Waals surface area contributed by atoms with Gasteiger partial charge in [0.25, 0.3) is 0 Å². The van der Waals surface area contributed by atoms with Gasteiger partial charge in [-0.1, -0.05) is 12.1 Å². The molecular formula is C14H13N5O3. The minimum absolute atomic E-state index is 0.00764. The van der Waals surface area contributed by atoms with Gasteiger partial charge in [-0.2, -0.15) is 0 Å².